The van der Waals surface area contributed by atoms with Crippen molar-refractivity contribution < 1.29 is 33.2 Å². The molecule has 270 valence electrons. The molecule has 0 N–H and O–H groups in total. The van der Waals surface area contributed by atoms with Crippen LogP contribution in [0.2, 0.25) is 51.4 Å². The second-order valence-corrected chi connectivity index (χ2v) is 30.7. The van der Waals surface area contributed by atoms with Crippen LogP contribution in [0.1, 0.15) is 75.1 Å². The van der Waals surface area contributed by atoms with E-state index >= 15 is 0 Å². The van der Waals surface area contributed by atoms with Crippen LogP contribution in [0.25, 0.3) is 0 Å². The summed E-state index contributed by atoms with van der Waals surface area (Å²) in [6.07, 6.45) is 6.05. The van der Waals surface area contributed by atoms with Gasteiger partial charge in [0, 0.05) is 0 Å². The Hall–Kier alpha value is -0.837. The Morgan fingerprint density at radius 1 is 0.979 bits per heavy atom. The van der Waals surface area contributed by atoms with Crippen LogP contribution in [0, 0.1) is 17.8 Å². The van der Waals surface area contributed by atoms with E-state index in [9.17, 15) is 4.79 Å². The third-order valence-electron chi connectivity index (χ3n) is 8.60. The van der Waals surface area contributed by atoms with E-state index in [1.54, 1.807) is 7.11 Å². The summed E-state index contributed by atoms with van der Waals surface area (Å²) in [7, 11) is 2.83. The van der Waals surface area contributed by atoms with E-state index in [0.717, 1.165) is 30.5 Å². The molecule has 0 spiro atoms. The Morgan fingerprint density at radius 2 is 1.62 bits per heavy atom. The molecular weight excluding hydrogens is 710 g/mol. The second kappa shape index (κ2) is 19.0. The van der Waals surface area contributed by atoms with Gasteiger partial charge in [-0.2, -0.15) is 0 Å². The predicted molar refractivity (Wildman–Crippen MR) is 205 cm³/mol. The molecule has 1 heterocycles. The van der Waals surface area contributed by atoms with Gasteiger partial charge < -0.3 is 0 Å². The van der Waals surface area contributed by atoms with Crippen molar-refractivity contribution in [3.05, 3.63) is 35.4 Å². The standard InChI is InChI=1S/C36H65O7PSeSi2/c1-25(2)26(3)14-15-27(4)34-30(42-36(5,6)43-34)16-17-32(45-44)29-22-28(39-18-20-46(8,9)10)23-31(41-24-38-7)33(29)35(37)40-19-21-47(11,12)13/h14-15,22-23,25-27,30,32,34,44-45H,16-21,24H2,1-13H3/b15-14-/t26-,27?,30+,32?,34-/m1/s1. The van der Waals surface area contributed by atoms with Gasteiger partial charge in [-0.25, -0.2) is 0 Å². The molecule has 47 heavy (non-hydrogen) atoms. The van der Waals surface area contributed by atoms with Crippen molar-refractivity contribution in [1.82, 2.24) is 0 Å². The van der Waals surface area contributed by atoms with Crippen LogP contribution < -0.4 is 9.47 Å². The summed E-state index contributed by atoms with van der Waals surface area (Å²) in [4.78, 5) is 13.9. The van der Waals surface area contributed by atoms with Crippen molar-refractivity contribution in [2.24, 2.45) is 17.8 Å². The van der Waals surface area contributed by atoms with Crippen molar-refractivity contribution in [2.45, 2.75) is 129 Å². The molecule has 2 rings (SSSR count). The Kier molecular flexibility index (Phi) is 17.1. The van der Waals surface area contributed by atoms with E-state index in [0.29, 0.717) is 42.1 Å². The molecule has 0 bridgehead atoms. The summed E-state index contributed by atoms with van der Waals surface area (Å²) in [6, 6.07) is 5.78. The van der Waals surface area contributed by atoms with Gasteiger partial charge in [0.05, 0.1) is 0 Å². The molecule has 7 nitrogen and oxygen atoms in total. The van der Waals surface area contributed by atoms with Gasteiger partial charge in [-0.1, -0.05) is 0 Å². The fraction of sp³-hybridized carbons (Fsp3) is 0.750. The number of carbonyl (C=O) groups excluding carboxylic acids is 1. The predicted octanol–water partition coefficient (Wildman–Crippen LogP) is 9.20. The van der Waals surface area contributed by atoms with Crippen LogP contribution in [-0.2, 0) is 18.9 Å². The Labute approximate surface area is 296 Å². The molecule has 2 unspecified atom stereocenters. The number of hydrogen-bond donors (Lipinski definition) is 0. The van der Waals surface area contributed by atoms with Gasteiger partial charge in [-0.05, 0) is 0 Å². The summed E-state index contributed by atoms with van der Waals surface area (Å²) in [5.41, 5.74) is 1.36. The van der Waals surface area contributed by atoms with E-state index in [2.05, 4.69) is 86.6 Å². The zero-order valence-electron chi connectivity index (χ0n) is 31.5. The molecule has 11 heteroatoms. The van der Waals surface area contributed by atoms with Gasteiger partial charge in [0.1, 0.15) is 0 Å². The van der Waals surface area contributed by atoms with Crippen LogP contribution in [0.5, 0.6) is 11.5 Å². The first-order valence-corrected chi connectivity index (χ1v) is 29.0. The van der Waals surface area contributed by atoms with Gasteiger partial charge in [-0.3, -0.25) is 0 Å². The maximum absolute atomic E-state index is 13.9. The third-order valence-corrected chi connectivity index (χ3v) is 15.4. The zero-order valence-corrected chi connectivity index (χ0v) is 36.4. The molecule has 0 amide bonds. The van der Waals surface area contributed by atoms with Crippen LogP contribution in [0.4, 0.5) is 0 Å². The molecule has 1 aromatic carbocycles. The minimum absolute atomic E-state index is 0.0179. The van der Waals surface area contributed by atoms with E-state index < -0.39 is 21.9 Å². The maximum atomic E-state index is 13.9. The normalized spacial score (nSPS) is 20.4. The first kappa shape index (κ1) is 42.3. The monoisotopic (exact) mass is 776 g/mol. The summed E-state index contributed by atoms with van der Waals surface area (Å²) in [5, 5.41) is 0. The molecular formula is C36H65O7PSeSi2. The van der Waals surface area contributed by atoms with Gasteiger partial charge in [0.15, 0.2) is 0 Å². The molecule has 0 radical (unpaired) electrons. The first-order chi connectivity index (χ1) is 21.8. The topological polar surface area (TPSA) is 72.5 Å². The van der Waals surface area contributed by atoms with Crippen LogP contribution in [0.3, 0.4) is 0 Å². The van der Waals surface area contributed by atoms with E-state index in [4.69, 9.17) is 28.4 Å². The number of esters is 1. The molecule has 1 aliphatic heterocycles. The second-order valence-electron chi connectivity index (χ2n) is 16.3. The Balaban J connectivity index is 2.46. The number of hydrogen-bond acceptors (Lipinski definition) is 7. The molecule has 1 fully saturated rings. The van der Waals surface area contributed by atoms with Crippen molar-refractivity contribution in [2.75, 3.05) is 27.1 Å². The fourth-order valence-corrected chi connectivity index (χ4v) is 9.36. The quantitative estimate of drug-likeness (QED) is 0.0430. The van der Waals surface area contributed by atoms with Crippen LogP contribution in [-0.4, -0.2) is 81.3 Å². The Bertz CT molecular complexity index is 1180. The minimum atomic E-state index is -1.39. The van der Waals surface area contributed by atoms with E-state index in [1.807, 2.05) is 26.0 Å². The molecule has 1 aliphatic rings. The van der Waals surface area contributed by atoms with Crippen molar-refractivity contribution >= 4 is 43.6 Å². The number of carbonyl (C=O) groups is 1. The summed E-state index contributed by atoms with van der Waals surface area (Å²) >= 11 is -0.353. The average molecular weight is 776 g/mol. The fourth-order valence-electron chi connectivity index (χ4n) is 5.23. The first-order valence-electron chi connectivity index (χ1n) is 17.3. The number of allylic oxidation sites excluding steroid dienone is 1. The van der Waals surface area contributed by atoms with E-state index in [-0.39, 0.29) is 49.7 Å². The average Bonchev–Trinajstić information content (AvgIpc) is 3.27. The molecule has 0 aliphatic carbocycles. The molecule has 5 atom stereocenters. The van der Waals surface area contributed by atoms with Crippen LogP contribution >= 0.6 is 7.49 Å². The summed E-state index contributed by atoms with van der Waals surface area (Å²) in [6.45, 7) is 27.8. The molecule has 1 saturated heterocycles. The summed E-state index contributed by atoms with van der Waals surface area (Å²) in [5.74, 6) is 1.40. The number of ether oxygens (including phenoxy) is 6. The Morgan fingerprint density at radius 3 is 2.19 bits per heavy atom. The van der Waals surface area contributed by atoms with Gasteiger partial charge >= 0.3 is 297 Å². The zero-order chi connectivity index (χ0) is 35.6. The molecule has 1 aromatic rings. The third kappa shape index (κ3) is 14.9. The van der Waals surface area contributed by atoms with E-state index in [1.165, 1.54) is 0 Å². The summed E-state index contributed by atoms with van der Waals surface area (Å²) < 4.78 is 36.6. The molecule has 0 saturated carbocycles. The SMILES string of the molecule is COCOc1cc(OCC[Si](C)(C)C)cc(C(CC[C@@H]2OC(C)(C)O[C@@H]2C(C)/C=C\[C@@H](C)C(C)C)[SeH]=P)c1C(=O)OCC[Si](C)(C)C. The van der Waals surface area contributed by atoms with Gasteiger partial charge in [0.2, 0.25) is 0 Å². The number of methoxy groups -OCH3 is 1. The number of rotatable bonds is 20. The van der Waals surface area contributed by atoms with Gasteiger partial charge in [0.25, 0.3) is 0 Å². The van der Waals surface area contributed by atoms with Crippen molar-refractivity contribution in [1.29, 1.82) is 0 Å². The number of benzene rings is 1. The van der Waals surface area contributed by atoms with Crippen LogP contribution in [0.15, 0.2) is 24.3 Å². The van der Waals surface area contributed by atoms with Crippen molar-refractivity contribution in [3.8, 4) is 11.5 Å². The van der Waals surface area contributed by atoms with Gasteiger partial charge in [-0.15, -0.1) is 0 Å². The van der Waals surface area contributed by atoms with Crippen molar-refractivity contribution in [3.63, 3.8) is 0 Å². The molecule has 0 aromatic heterocycles.